The van der Waals surface area contributed by atoms with Gasteiger partial charge in [0.2, 0.25) is 0 Å². The molecule has 2 atom stereocenters. The van der Waals surface area contributed by atoms with Gasteiger partial charge in [-0.05, 0) is 25.0 Å². The molecule has 116 valence electrons. The molecule has 2 aliphatic rings. The van der Waals surface area contributed by atoms with Crippen molar-refractivity contribution in [3.63, 3.8) is 0 Å². The second-order valence-electron chi connectivity index (χ2n) is 5.62. The summed E-state index contributed by atoms with van der Waals surface area (Å²) in [5, 5.41) is 2.76. The fraction of sp³-hybridized carbons (Fsp3) is 0.438. The third kappa shape index (κ3) is 2.34. The summed E-state index contributed by atoms with van der Waals surface area (Å²) in [4.78, 5) is 37.9. The maximum absolute atomic E-state index is 12.6. The first-order valence-electron chi connectivity index (χ1n) is 7.45. The van der Waals surface area contributed by atoms with Gasteiger partial charge in [0, 0.05) is 0 Å². The van der Waals surface area contributed by atoms with Crippen LogP contribution in [0.25, 0.3) is 0 Å². The number of carbonyl (C=O) groups excluding carboxylic acids is 3. The van der Waals surface area contributed by atoms with E-state index in [2.05, 4.69) is 10.1 Å². The van der Waals surface area contributed by atoms with Gasteiger partial charge in [0.1, 0.15) is 0 Å². The highest BCUT2D eigenvalue weighted by Gasteiger charge is 2.43. The maximum atomic E-state index is 12.6. The van der Waals surface area contributed by atoms with E-state index in [1.807, 2.05) is 0 Å². The van der Waals surface area contributed by atoms with Crippen LogP contribution in [0.2, 0.25) is 0 Å². The van der Waals surface area contributed by atoms with E-state index in [4.69, 9.17) is 0 Å². The number of alkyl carbamates (subject to hydrolysis) is 1. The number of nitrogens with one attached hydrogen (secondary N) is 1. The molecule has 1 N–H and O–H groups in total. The molecular formula is C16H18N2O4. The van der Waals surface area contributed by atoms with Crippen molar-refractivity contribution in [3.05, 3.63) is 35.4 Å². The van der Waals surface area contributed by atoms with Crippen LogP contribution in [0, 0.1) is 0 Å². The Bertz CT molecular complexity index is 593. The number of imide groups is 1. The summed E-state index contributed by atoms with van der Waals surface area (Å²) in [5.41, 5.74) is 0.879. The van der Waals surface area contributed by atoms with Gasteiger partial charge in [-0.25, -0.2) is 4.79 Å². The van der Waals surface area contributed by atoms with Gasteiger partial charge >= 0.3 is 6.09 Å². The molecule has 3 amide bonds. The van der Waals surface area contributed by atoms with E-state index >= 15 is 0 Å². The molecule has 0 spiro atoms. The van der Waals surface area contributed by atoms with Gasteiger partial charge in [0.25, 0.3) is 11.8 Å². The molecule has 0 aromatic heterocycles. The topological polar surface area (TPSA) is 75.7 Å². The highest BCUT2D eigenvalue weighted by molar-refractivity contribution is 6.21. The molecule has 1 heterocycles. The van der Waals surface area contributed by atoms with Crippen molar-refractivity contribution in [1.82, 2.24) is 10.2 Å². The van der Waals surface area contributed by atoms with Crippen LogP contribution in [0.15, 0.2) is 24.3 Å². The zero-order valence-electron chi connectivity index (χ0n) is 12.4. The third-order valence-corrected chi connectivity index (χ3v) is 4.38. The molecule has 22 heavy (non-hydrogen) atoms. The SMILES string of the molecule is COC(=O)N[C@H]1CCCC[C@H]1N1C(=O)c2ccccc2C1=O. The normalized spacial score (nSPS) is 24.1. The van der Waals surface area contributed by atoms with Crippen LogP contribution in [0.4, 0.5) is 4.79 Å². The second-order valence-corrected chi connectivity index (χ2v) is 5.62. The number of amides is 3. The van der Waals surface area contributed by atoms with Crippen molar-refractivity contribution in [1.29, 1.82) is 0 Å². The molecule has 1 aliphatic carbocycles. The first kappa shape index (κ1) is 14.6. The Balaban J connectivity index is 1.87. The lowest BCUT2D eigenvalue weighted by Gasteiger charge is -2.36. The lowest BCUT2D eigenvalue weighted by Crippen LogP contribution is -2.55. The van der Waals surface area contributed by atoms with E-state index in [1.54, 1.807) is 24.3 Å². The largest absolute Gasteiger partial charge is 0.453 e. The highest BCUT2D eigenvalue weighted by atomic mass is 16.5. The quantitative estimate of drug-likeness (QED) is 0.847. The van der Waals surface area contributed by atoms with Crippen molar-refractivity contribution >= 4 is 17.9 Å². The van der Waals surface area contributed by atoms with Crippen molar-refractivity contribution in [2.45, 2.75) is 37.8 Å². The van der Waals surface area contributed by atoms with Crippen molar-refractivity contribution < 1.29 is 19.1 Å². The van der Waals surface area contributed by atoms with Crippen LogP contribution in [0.3, 0.4) is 0 Å². The number of rotatable bonds is 2. The average Bonchev–Trinajstić information content (AvgIpc) is 2.80. The molecule has 3 rings (SSSR count). The summed E-state index contributed by atoms with van der Waals surface area (Å²) in [6.07, 6.45) is 2.77. The summed E-state index contributed by atoms with van der Waals surface area (Å²) in [6.45, 7) is 0. The number of hydrogen-bond donors (Lipinski definition) is 1. The molecule has 0 saturated heterocycles. The van der Waals surface area contributed by atoms with Gasteiger partial charge in [0.05, 0.1) is 30.3 Å². The number of nitrogens with zero attached hydrogens (tertiary/aromatic N) is 1. The Kier molecular flexibility index (Phi) is 3.83. The zero-order valence-corrected chi connectivity index (χ0v) is 12.4. The van der Waals surface area contributed by atoms with Gasteiger partial charge in [-0.15, -0.1) is 0 Å². The van der Waals surface area contributed by atoms with Gasteiger partial charge in [-0.1, -0.05) is 25.0 Å². The van der Waals surface area contributed by atoms with Gasteiger partial charge < -0.3 is 10.1 Å². The number of fused-ring (bicyclic) bond motifs is 1. The molecule has 1 aliphatic heterocycles. The van der Waals surface area contributed by atoms with E-state index in [9.17, 15) is 14.4 Å². The minimum atomic E-state index is -0.534. The summed E-state index contributed by atoms with van der Waals surface area (Å²) >= 11 is 0. The maximum Gasteiger partial charge on any atom is 0.407 e. The zero-order chi connectivity index (χ0) is 15.7. The van der Waals surface area contributed by atoms with Crippen LogP contribution >= 0.6 is 0 Å². The van der Waals surface area contributed by atoms with E-state index < -0.39 is 6.09 Å². The Morgan fingerprint density at radius 3 is 2.32 bits per heavy atom. The summed E-state index contributed by atoms with van der Waals surface area (Å²) in [7, 11) is 1.30. The number of hydrogen-bond acceptors (Lipinski definition) is 4. The molecule has 1 aromatic carbocycles. The standard InChI is InChI=1S/C16H18N2O4/c1-22-16(21)17-12-8-4-5-9-13(12)18-14(19)10-6-2-3-7-11(10)15(18)20/h2-3,6-7,12-13H,4-5,8-9H2,1H3,(H,17,21)/t12-,13+/m0/s1. The summed E-state index contributed by atoms with van der Waals surface area (Å²) in [5.74, 6) is -0.548. The predicted octanol–water partition coefficient (Wildman–Crippen LogP) is 1.95. The Morgan fingerprint density at radius 1 is 1.14 bits per heavy atom. The lowest BCUT2D eigenvalue weighted by molar-refractivity contribution is 0.0500. The highest BCUT2D eigenvalue weighted by Crippen LogP contribution is 2.31. The lowest BCUT2D eigenvalue weighted by atomic mass is 9.89. The first-order chi connectivity index (χ1) is 10.6. The van der Waals surface area contributed by atoms with Crippen molar-refractivity contribution in [2.24, 2.45) is 0 Å². The first-order valence-corrected chi connectivity index (χ1v) is 7.45. The Labute approximate surface area is 128 Å². The number of ether oxygens (including phenoxy) is 1. The van der Waals surface area contributed by atoms with E-state index in [0.717, 1.165) is 19.3 Å². The van der Waals surface area contributed by atoms with Crippen molar-refractivity contribution in [3.8, 4) is 0 Å². The molecule has 6 heteroatoms. The van der Waals surface area contributed by atoms with Gasteiger partial charge in [0.15, 0.2) is 0 Å². The van der Waals surface area contributed by atoms with Crippen LogP contribution in [0.5, 0.6) is 0 Å². The van der Waals surface area contributed by atoms with E-state index in [-0.39, 0.29) is 23.9 Å². The fourth-order valence-corrected chi connectivity index (χ4v) is 3.31. The van der Waals surface area contributed by atoms with Gasteiger partial charge in [-0.3, -0.25) is 14.5 Å². The molecule has 1 saturated carbocycles. The molecule has 0 bridgehead atoms. The minimum Gasteiger partial charge on any atom is -0.453 e. The van der Waals surface area contributed by atoms with E-state index in [0.29, 0.717) is 17.5 Å². The summed E-state index contributed by atoms with van der Waals surface area (Å²) < 4.78 is 4.64. The number of carbonyl (C=O) groups is 3. The molecule has 6 nitrogen and oxygen atoms in total. The molecule has 0 unspecified atom stereocenters. The Hall–Kier alpha value is -2.37. The predicted molar refractivity (Wildman–Crippen MR) is 78.5 cm³/mol. The molecule has 0 radical (unpaired) electrons. The van der Waals surface area contributed by atoms with Gasteiger partial charge in [-0.2, -0.15) is 0 Å². The Morgan fingerprint density at radius 2 is 1.73 bits per heavy atom. The number of benzene rings is 1. The molecule has 1 fully saturated rings. The van der Waals surface area contributed by atoms with Crippen LogP contribution in [0.1, 0.15) is 46.4 Å². The fourth-order valence-electron chi connectivity index (χ4n) is 3.31. The van der Waals surface area contributed by atoms with E-state index in [1.165, 1.54) is 12.0 Å². The van der Waals surface area contributed by atoms with Crippen LogP contribution < -0.4 is 5.32 Å². The van der Waals surface area contributed by atoms with Crippen LogP contribution in [-0.2, 0) is 4.74 Å². The average molecular weight is 302 g/mol. The van der Waals surface area contributed by atoms with Crippen LogP contribution in [-0.4, -0.2) is 42.0 Å². The smallest absolute Gasteiger partial charge is 0.407 e. The second kappa shape index (κ2) is 5.79. The minimum absolute atomic E-state index is 0.261. The number of methoxy groups -OCH3 is 1. The monoisotopic (exact) mass is 302 g/mol. The molecular weight excluding hydrogens is 284 g/mol. The summed E-state index contributed by atoms with van der Waals surface area (Å²) in [6, 6.07) is 6.25. The third-order valence-electron chi connectivity index (χ3n) is 4.38. The molecule has 1 aromatic rings. The van der Waals surface area contributed by atoms with Crippen molar-refractivity contribution in [2.75, 3.05) is 7.11 Å².